The van der Waals surface area contributed by atoms with Gasteiger partial charge in [0.05, 0.1) is 5.41 Å². The van der Waals surface area contributed by atoms with E-state index in [1.807, 2.05) is 13.8 Å². The van der Waals surface area contributed by atoms with Gasteiger partial charge in [-0.3, -0.25) is 9.59 Å². The monoisotopic (exact) mass is 263 g/mol. The van der Waals surface area contributed by atoms with Crippen LogP contribution in [-0.4, -0.2) is 17.0 Å². The molecule has 2 N–H and O–H groups in total. The second kappa shape index (κ2) is 5.87. The average Bonchev–Trinajstić information content (AvgIpc) is 2.38. The predicted octanol–water partition coefficient (Wildman–Crippen LogP) is 3.03. The lowest BCUT2D eigenvalue weighted by atomic mass is 9.85. The van der Waals surface area contributed by atoms with E-state index in [1.54, 1.807) is 38.1 Å². The van der Waals surface area contributed by atoms with Gasteiger partial charge in [0.15, 0.2) is 0 Å². The minimum absolute atomic E-state index is 0.0206. The minimum Gasteiger partial charge on any atom is -0.481 e. The van der Waals surface area contributed by atoms with E-state index >= 15 is 0 Å². The van der Waals surface area contributed by atoms with Crippen molar-refractivity contribution in [1.82, 2.24) is 0 Å². The number of carboxylic acids is 1. The van der Waals surface area contributed by atoms with Gasteiger partial charge in [0, 0.05) is 11.6 Å². The SMILES string of the molecule is CCC(C)C(=O)Nc1ccc(C(C)(C)C(=O)O)cc1. The Hall–Kier alpha value is -1.84. The van der Waals surface area contributed by atoms with Crippen molar-refractivity contribution in [2.24, 2.45) is 5.92 Å². The Kier molecular flexibility index (Phi) is 4.70. The third-order valence-electron chi connectivity index (χ3n) is 3.47. The fourth-order valence-electron chi connectivity index (χ4n) is 1.54. The van der Waals surface area contributed by atoms with Gasteiger partial charge in [-0.15, -0.1) is 0 Å². The Morgan fingerprint density at radius 3 is 2.21 bits per heavy atom. The molecular weight excluding hydrogens is 242 g/mol. The molecule has 0 fully saturated rings. The van der Waals surface area contributed by atoms with Crippen LogP contribution in [0.15, 0.2) is 24.3 Å². The van der Waals surface area contributed by atoms with Crippen LogP contribution in [0.5, 0.6) is 0 Å². The second-order valence-corrected chi connectivity index (χ2v) is 5.31. The molecule has 19 heavy (non-hydrogen) atoms. The van der Waals surface area contributed by atoms with Gasteiger partial charge in [-0.1, -0.05) is 26.0 Å². The van der Waals surface area contributed by atoms with Crippen LogP contribution in [0.3, 0.4) is 0 Å². The molecule has 0 aliphatic heterocycles. The number of benzene rings is 1. The number of anilines is 1. The van der Waals surface area contributed by atoms with Crippen molar-refractivity contribution in [2.75, 3.05) is 5.32 Å². The molecule has 1 aromatic carbocycles. The van der Waals surface area contributed by atoms with Crippen molar-refractivity contribution in [3.63, 3.8) is 0 Å². The third-order valence-corrected chi connectivity index (χ3v) is 3.47. The van der Waals surface area contributed by atoms with Crippen LogP contribution in [0, 0.1) is 5.92 Å². The van der Waals surface area contributed by atoms with Crippen LogP contribution in [-0.2, 0) is 15.0 Å². The smallest absolute Gasteiger partial charge is 0.313 e. The van der Waals surface area contributed by atoms with Crippen LogP contribution in [0.2, 0.25) is 0 Å². The highest BCUT2D eigenvalue weighted by Crippen LogP contribution is 2.25. The first-order valence-corrected chi connectivity index (χ1v) is 6.43. The number of carboxylic acid groups (broad SMARTS) is 1. The highest BCUT2D eigenvalue weighted by Gasteiger charge is 2.29. The Labute approximate surface area is 113 Å². The highest BCUT2D eigenvalue weighted by atomic mass is 16.4. The highest BCUT2D eigenvalue weighted by molar-refractivity contribution is 5.92. The maximum absolute atomic E-state index is 11.7. The molecule has 1 aromatic rings. The molecule has 0 heterocycles. The van der Waals surface area contributed by atoms with Crippen molar-refractivity contribution < 1.29 is 14.7 Å². The van der Waals surface area contributed by atoms with Gasteiger partial charge in [0.25, 0.3) is 0 Å². The van der Waals surface area contributed by atoms with Gasteiger partial charge < -0.3 is 10.4 Å². The quantitative estimate of drug-likeness (QED) is 0.858. The normalized spacial score (nSPS) is 12.8. The summed E-state index contributed by atoms with van der Waals surface area (Å²) < 4.78 is 0. The topological polar surface area (TPSA) is 66.4 Å². The maximum atomic E-state index is 11.7. The molecule has 4 heteroatoms. The zero-order valence-corrected chi connectivity index (χ0v) is 11.9. The lowest BCUT2D eigenvalue weighted by molar-refractivity contribution is -0.142. The zero-order valence-electron chi connectivity index (χ0n) is 11.9. The molecule has 0 bridgehead atoms. The molecule has 1 unspecified atom stereocenters. The van der Waals surface area contributed by atoms with Crippen molar-refractivity contribution in [1.29, 1.82) is 0 Å². The Balaban J connectivity index is 2.83. The van der Waals surface area contributed by atoms with Crippen LogP contribution >= 0.6 is 0 Å². The lowest BCUT2D eigenvalue weighted by Crippen LogP contribution is -2.28. The van der Waals surface area contributed by atoms with Crippen molar-refractivity contribution in [3.05, 3.63) is 29.8 Å². The molecular formula is C15H21NO3. The Bertz CT molecular complexity index is 463. The molecule has 0 aliphatic rings. The lowest BCUT2D eigenvalue weighted by Gasteiger charge is -2.20. The van der Waals surface area contributed by atoms with Gasteiger partial charge in [-0.2, -0.15) is 0 Å². The van der Waals surface area contributed by atoms with Gasteiger partial charge >= 0.3 is 5.97 Å². The van der Waals surface area contributed by atoms with Gasteiger partial charge in [0.1, 0.15) is 0 Å². The Morgan fingerprint density at radius 1 is 1.26 bits per heavy atom. The number of aliphatic carboxylic acids is 1. The summed E-state index contributed by atoms with van der Waals surface area (Å²) in [4.78, 5) is 22.9. The predicted molar refractivity (Wildman–Crippen MR) is 75.2 cm³/mol. The molecule has 0 radical (unpaired) electrons. The number of carbonyl (C=O) groups excluding carboxylic acids is 1. The minimum atomic E-state index is -0.931. The fraction of sp³-hybridized carbons (Fsp3) is 0.467. The van der Waals surface area contributed by atoms with Crippen LogP contribution in [0.1, 0.15) is 39.7 Å². The van der Waals surface area contributed by atoms with E-state index in [9.17, 15) is 9.59 Å². The van der Waals surface area contributed by atoms with E-state index in [2.05, 4.69) is 5.32 Å². The molecule has 1 amide bonds. The summed E-state index contributed by atoms with van der Waals surface area (Å²) in [5.74, 6) is -0.924. The van der Waals surface area contributed by atoms with E-state index in [4.69, 9.17) is 5.11 Å². The second-order valence-electron chi connectivity index (χ2n) is 5.31. The van der Waals surface area contributed by atoms with Crippen LogP contribution in [0.25, 0.3) is 0 Å². The first-order chi connectivity index (χ1) is 8.78. The summed E-state index contributed by atoms with van der Waals surface area (Å²) in [5, 5.41) is 12.0. The molecule has 0 saturated heterocycles. The maximum Gasteiger partial charge on any atom is 0.313 e. The van der Waals surface area contributed by atoms with E-state index in [0.717, 1.165) is 6.42 Å². The molecule has 4 nitrogen and oxygen atoms in total. The van der Waals surface area contributed by atoms with E-state index in [0.29, 0.717) is 11.3 Å². The fourth-order valence-corrected chi connectivity index (χ4v) is 1.54. The molecule has 1 rings (SSSR count). The Morgan fingerprint density at radius 2 is 1.79 bits per heavy atom. The molecule has 0 aliphatic carbocycles. The standard InChI is InChI=1S/C15H21NO3/c1-5-10(2)13(17)16-12-8-6-11(7-9-12)15(3,4)14(18)19/h6-10H,5H2,1-4H3,(H,16,17)(H,18,19). The molecule has 104 valence electrons. The summed E-state index contributed by atoms with van der Waals surface area (Å²) in [6.45, 7) is 7.14. The molecule has 0 saturated carbocycles. The summed E-state index contributed by atoms with van der Waals surface area (Å²) in [5.41, 5.74) is 0.468. The largest absolute Gasteiger partial charge is 0.481 e. The van der Waals surface area contributed by atoms with Crippen LogP contribution < -0.4 is 5.32 Å². The van der Waals surface area contributed by atoms with Crippen molar-refractivity contribution in [2.45, 2.75) is 39.5 Å². The first-order valence-electron chi connectivity index (χ1n) is 6.43. The number of amides is 1. The molecule has 0 aromatic heterocycles. The number of nitrogens with one attached hydrogen (secondary N) is 1. The van der Waals surface area contributed by atoms with E-state index in [1.165, 1.54) is 0 Å². The molecule has 1 atom stereocenters. The average molecular weight is 263 g/mol. The van der Waals surface area contributed by atoms with Crippen molar-refractivity contribution >= 4 is 17.6 Å². The van der Waals surface area contributed by atoms with Gasteiger partial charge in [0.2, 0.25) is 5.91 Å². The van der Waals surface area contributed by atoms with Crippen LogP contribution in [0.4, 0.5) is 5.69 Å². The zero-order chi connectivity index (χ0) is 14.6. The van der Waals surface area contributed by atoms with Crippen molar-refractivity contribution in [3.8, 4) is 0 Å². The first kappa shape index (κ1) is 15.2. The third kappa shape index (κ3) is 3.56. The number of hydrogen-bond donors (Lipinski definition) is 2. The van der Waals surface area contributed by atoms with E-state index < -0.39 is 11.4 Å². The number of rotatable bonds is 5. The van der Waals surface area contributed by atoms with Gasteiger partial charge in [-0.05, 0) is 38.0 Å². The summed E-state index contributed by atoms with van der Waals surface area (Å²) in [6.07, 6.45) is 0.788. The summed E-state index contributed by atoms with van der Waals surface area (Å²) in [7, 11) is 0. The van der Waals surface area contributed by atoms with Gasteiger partial charge in [-0.25, -0.2) is 0 Å². The van der Waals surface area contributed by atoms with E-state index in [-0.39, 0.29) is 11.8 Å². The summed E-state index contributed by atoms with van der Waals surface area (Å²) in [6, 6.07) is 6.95. The number of hydrogen-bond acceptors (Lipinski definition) is 2. The summed E-state index contributed by atoms with van der Waals surface area (Å²) >= 11 is 0. The number of carbonyl (C=O) groups is 2. The molecule has 0 spiro atoms.